The Morgan fingerprint density at radius 3 is 2.65 bits per heavy atom. The Hall–Kier alpha value is -0.950. The van der Waals surface area contributed by atoms with Gasteiger partial charge in [0.2, 0.25) is 0 Å². The number of piperazine rings is 1. The maximum atomic E-state index is 13.1. The maximum absolute atomic E-state index is 13.1. The molecule has 4 nitrogen and oxygen atoms in total. The predicted octanol–water partition coefficient (Wildman–Crippen LogP) is 2.60. The zero-order valence-electron chi connectivity index (χ0n) is 10.6. The monoisotopic (exact) mass is 336 g/mol. The molecule has 8 heteroatoms. The van der Waals surface area contributed by atoms with Crippen LogP contribution < -0.4 is 10.2 Å². The van der Waals surface area contributed by atoms with Gasteiger partial charge in [-0.2, -0.15) is 0 Å². The summed E-state index contributed by atoms with van der Waals surface area (Å²) in [6, 6.07) is 1.46. The lowest BCUT2D eigenvalue weighted by Crippen LogP contribution is -2.43. The highest BCUT2D eigenvalue weighted by atomic mass is 35.5. The van der Waals surface area contributed by atoms with Gasteiger partial charge in [0, 0.05) is 43.3 Å². The zero-order chi connectivity index (χ0) is 12.4. The van der Waals surface area contributed by atoms with Crippen LogP contribution in [0.1, 0.15) is 0 Å². The van der Waals surface area contributed by atoms with Crippen molar-refractivity contribution in [2.75, 3.05) is 31.1 Å². The van der Waals surface area contributed by atoms with E-state index in [0.29, 0.717) is 0 Å². The Morgan fingerprint density at radius 1 is 1.20 bits per heavy atom. The molecule has 0 spiro atoms. The Labute approximate surface area is 133 Å². The van der Waals surface area contributed by atoms with Gasteiger partial charge >= 0.3 is 0 Å². The molecular weight excluding hydrogens is 322 g/mol. The van der Waals surface area contributed by atoms with Crippen molar-refractivity contribution < 1.29 is 4.39 Å². The number of thiazole rings is 1. The summed E-state index contributed by atoms with van der Waals surface area (Å²) in [4.78, 5) is 10.7. The minimum Gasteiger partial charge on any atom is -0.346 e. The molecule has 0 atom stereocenters. The van der Waals surface area contributed by atoms with E-state index in [4.69, 9.17) is 0 Å². The molecule has 0 bridgehead atoms. The molecule has 0 aliphatic carbocycles. The number of nitrogens with zero attached hydrogens (tertiary/aromatic N) is 3. The normalized spacial score (nSPS) is 14.3. The summed E-state index contributed by atoms with van der Waals surface area (Å²) in [5.41, 5.74) is 1.52. The SMILES string of the molecule is Cl.Cl.Fc1cncc(-c2csc(N3CCNCC3)n2)c1. The Kier molecular flexibility index (Phi) is 6.61. The minimum atomic E-state index is -0.329. The first-order valence-electron chi connectivity index (χ1n) is 5.85. The van der Waals surface area contributed by atoms with Crippen molar-refractivity contribution in [2.24, 2.45) is 0 Å². The van der Waals surface area contributed by atoms with Crippen LogP contribution in [0.2, 0.25) is 0 Å². The van der Waals surface area contributed by atoms with Gasteiger partial charge in [0.1, 0.15) is 5.82 Å². The lowest BCUT2D eigenvalue weighted by atomic mass is 10.2. The molecule has 3 heterocycles. The highest BCUT2D eigenvalue weighted by Gasteiger charge is 2.14. The Bertz CT molecular complexity index is 546. The zero-order valence-corrected chi connectivity index (χ0v) is 13.0. The van der Waals surface area contributed by atoms with Crippen LogP contribution in [0.4, 0.5) is 9.52 Å². The van der Waals surface area contributed by atoms with Gasteiger partial charge in [0.05, 0.1) is 11.9 Å². The topological polar surface area (TPSA) is 41.1 Å². The summed E-state index contributed by atoms with van der Waals surface area (Å²) in [6.07, 6.45) is 2.84. The molecule has 110 valence electrons. The highest BCUT2D eigenvalue weighted by Crippen LogP contribution is 2.27. The molecule has 3 rings (SSSR count). The molecule has 0 saturated carbocycles. The second kappa shape index (κ2) is 7.73. The van der Waals surface area contributed by atoms with E-state index in [9.17, 15) is 4.39 Å². The first-order chi connectivity index (χ1) is 8.83. The van der Waals surface area contributed by atoms with E-state index in [1.165, 1.54) is 12.3 Å². The van der Waals surface area contributed by atoms with E-state index in [0.717, 1.165) is 42.6 Å². The summed E-state index contributed by atoms with van der Waals surface area (Å²) in [5, 5.41) is 6.25. The summed E-state index contributed by atoms with van der Waals surface area (Å²) in [7, 11) is 0. The molecule has 0 unspecified atom stereocenters. The molecule has 2 aromatic heterocycles. The van der Waals surface area contributed by atoms with Crippen molar-refractivity contribution >= 4 is 41.3 Å². The second-order valence-electron chi connectivity index (χ2n) is 4.14. The van der Waals surface area contributed by atoms with Crippen LogP contribution in [0.5, 0.6) is 0 Å². The number of rotatable bonds is 2. The number of anilines is 1. The van der Waals surface area contributed by atoms with Gasteiger partial charge in [-0.25, -0.2) is 9.37 Å². The van der Waals surface area contributed by atoms with Gasteiger partial charge in [-0.3, -0.25) is 4.98 Å². The lowest BCUT2D eigenvalue weighted by Gasteiger charge is -2.26. The van der Waals surface area contributed by atoms with E-state index in [-0.39, 0.29) is 30.6 Å². The van der Waals surface area contributed by atoms with Crippen LogP contribution in [0.3, 0.4) is 0 Å². The van der Waals surface area contributed by atoms with Crippen molar-refractivity contribution in [3.8, 4) is 11.3 Å². The predicted molar refractivity (Wildman–Crippen MR) is 84.9 cm³/mol. The van der Waals surface area contributed by atoms with Crippen LogP contribution in [0.25, 0.3) is 11.3 Å². The van der Waals surface area contributed by atoms with Crippen molar-refractivity contribution in [2.45, 2.75) is 0 Å². The first-order valence-corrected chi connectivity index (χ1v) is 6.73. The molecule has 20 heavy (non-hydrogen) atoms. The van der Waals surface area contributed by atoms with Gasteiger partial charge in [0.25, 0.3) is 0 Å². The minimum absolute atomic E-state index is 0. The number of hydrogen-bond acceptors (Lipinski definition) is 5. The molecule has 0 amide bonds. The van der Waals surface area contributed by atoms with Crippen LogP contribution in [0, 0.1) is 5.82 Å². The summed E-state index contributed by atoms with van der Waals surface area (Å²) < 4.78 is 13.1. The summed E-state index contributed by atoms with van der Waals surface area (Å²) >= 11 is 1.59. The summed E-state index contributed by atoms with van der Waals surface area (Å²) in [6.45, 7) is 3.90. The molecule has 1 fully saturated rings. The standard InChI is InChI=1S/C12H13FN4S.2ClH/c13-10-5-9(6-15-7-10)11-8-18-12(16-11)17-3-1-14-2-4-17;;/h5-8,14H,1-4H2;2*1H. The Morgan fingerprint density at radius 2 is 1.95 bits per heavy atom. The average molecular weight is 337 g/mol. The van der Waals surface area contributed by atoms with Gasteiger partial charge in [-0.15, -0.1) is 36.2 Å². The maximum Gasteiger partial charge on any atom is 0.185 e. The Balaban J connectivity index is 0.000001000. The molecule has 1 N–H and O–H groups in total. The van der Waals surface area contributed by atoms with Crippen LogP contribution in [-0.2, 0) is 0 Å². The smallest absolute Gasteiger partial charge is 0.185 e. The molecule has 2 aromatic rings. The quantitative estimate of drug-likeness (QED) is 0.915. The number of nitrogens with one attached hydrogen (secondary N) is 1. The van der Waals surface area contributed by atoms with Crippen LogP contribution in [0.15, 0.2) is 23.8 Å². The first kappa shape index (κ1) is 17.1. The number of hydrogen-bond donors (Lipinski definition) is 1. The fourth-order valence-electron chi connectivity index (χ4n) is 1.95. The van der Waals surface area contributed by atoms with E-state index in [1.807, 2.05) is 5.38 Å². The second-order valence-corrected chi connectivity index (χ2v) is 4.98. The lowest BCUT2D eigenvalue weighted by molar-refractivity contribution is 0.588. The van der Waals surface area contributed by atoms with E-state index in [2.05, 4.69) is 20.2 Å². The third kappa shape index (κ3) is 3.79. The van der Waals surface area contributed by atoms with E-state index >= 15 is 0 Å². The molecule has 1 saturated heterocycles. The molecular formula is C12H15Cl2FN4S. The molecule has 0 radical (unpaired) electrons. The van der Waals surface area contributed by atoms with Gasteiger partial charge < -0.3 is 10.2 Å². The van der Waals surface area contributed by atoms with Crippen LogP contribution >= 0.6 is 36.2 Å². The molecule has 1 aliphatic heterocycles. The van der Waals surface area contributed by atoms with Gasteiger partial charge in [-0.05, 0) is 6.07 Å². The average Bonchev–Trinajstić information content (AvgIpc) is 2.89. The van der Waals surface area contributed by atoms with Crippen LogP contribution in [-0.4, -0.2) is 36.1 Å². The highest BCUT2D eigenvalue weighted by molar-refractivity contribution is 7.14. The fraction of sp³-hybridized carbons (Fsp3) is 0.333. The van der Waals surface area contributed by atoms with E-state index in [1.54, 1.807) is 17.5 Å². The largest absolute Gasteiger partial charge is 0.346 e. The van der Waals surface area contributed by atoms with Gasteiger partial charge in [0.15, 0.2) is 5.13 Å². The van der Waals surface area contributed by atoms with Crippen molar-refractivity contribution in [3.63, 3.8) is 0 Å². The van der Waals surface area contributed by atoms with Crippen molar-refractivity contribution in [1.82, 2.24) is 15.3 Å². The van der Waals surface area contributed by atoms with Crippen molar-refractivity contribution in [3.05, 3.63) is 29.7 Å². The molecule has 0 aromatic carbocycles. The third-order valence-electron chi connectivity index (χ3n) is 2.88. The van der Waals surface area contributed by atoms with Gasteiger partial charge in [-0.1, -0.05) is 0 Å². The third-order valence-corrected chi connectivity index (χ3v) is 3.78. The number of pyridine rings is 1. The molecule has 1 aliphatic rings. The fourth-order valence-corrected chi connectivity index (χ4v) is 2.84. The number of aromatic nitrogens is 2. The van der Waals surface area contributed by atoms with Crippen molar-refractivity contribution in [1.29, 1.82) is 0 Å². The summed E-state index contributed by atoms with van der Waals surface area (Å²) in [5.74, 6) is -0.329. The van der Waals surface area contributed by atoms with E-state index < -0.39 is 0 Å². The number of halogens is 3.